The third-order valence-corrected chi connectivity index (χ3v) is 11.1. The molecule has 0 fully saturated rings. The highest BCUT2D eigenvalue weighted by Crippen LogP contribution is 2.50. The fourth-order valence-corrected chi connectivity index (χ4v) is 8.63. The van der Waals surface area contributed by atoms with Crippen molar-refractivity contribution >= 4 is 82.1 Å². The topological polar surface area (TPSA) is 16.4 Å². The van der Waals surface area contributed by atoms with Crippen molar-refractivity contribution in [2.24, 2.45) is 0 Å². The molecule has 54 heavy (non-hydrogen) atoms. The van der Waals surface area contributed by atoms with Gasteiger partial charge in [-0.25, -0.2) is 0 Å². The monoisotopic (exact) mass is 687 g/mol. The molecule has 2 nitrogen and oxygen atoms in total. The van der Waals surface area contributed by atoms with Gasteiger partial charge in [-0.15, -0.1) is 0 Å². The third kappa shape index (κ3) is 4.67. The Hall–Kier alpha value is -7.16. The van der Waals surface area contributed by atoms with Gasteiger partial charge in [0.25, 0.3) is 0 Å². The maximum atomic E-state index is 6.93. The van der Waals surface area contributed by atoms with Crippen LogP contribution < -0.4 is 4.90 Å². The molecular weight excluding hydrogens is 655 g/mol. The van der Waals surface area contributed by atoms with Gasteiger partial charge in [0.1, 0.15) is 11.2 Å². The van der Waals surface area contributed by atoms with E-state index in [0.29, 0.717) is 0 Å². The van der Waals surface area contributed by atoms with Gasteiger partial charge in [0, 0.05) is 21.7 Å². The van der Waals surface area contributed by atoms with Crippen LogP contribution in [0.15, 0.2) is 205 Å². The largest absolute Gasteiger partial charge is 0.455 e. The molecule has 0 saturated carbocycles. The van der Waals surface area contributed by atoms with Crippen LogP contribution in [0.1, 0.15) is 0 Å². The SMILES string of the molecule is c1ccc(-c2ccc(N(c3cccc4c3ccc3ccccc34)c3ccc(-c4cccc5ccccc45)c4oc5ccccc5c34)c3ccccc23)cc1. The molecule has 10 aromatic carbocycles. The molecular formula is C52H33NO. The zero-order chi connectivity index (χ0) is 35.6. The van der Waals surface area contributed by atoms with Crippen molar-refractivity contribution in [2.45, 2.75) is 0 Å². The summed E-state index contributed by atoms with van der Waals surface area (Å²) < 4.78 is 6.93. The zero-order valence-corrected chi connectivity index (χ0v) is 29.4. The van der Waals surface area contributed by atoms with Crippen LogP contribution in [0.25, 0.3) is 87.3 Å². The highest BCUT2D eigenvalue weighted by atomic mass is 16.3. The number of hydrogen-bond acceptors (Lipinski definition) is 2. The van der Waals surface area contributed by atoms with E-state index in [-0.39, 0.29) is 0 Å². The highest BCUT2D eigenvalue weighted by Gasteiger charge is 2.25. The van der Waals surface area contributed by atoms with E-state index in [0.717, 1.165) is 50.1 Å². The van der Waals surface area contributed by atoms with E-state index in [4.69, 9.17) is 4.42 Å². The molecule has 0 aliphatic rings. The summed E-state index contributed by atoms with van der Waals surface area (Å²) in [6.07, 6.45) is 0. The minimum absolute atomic E-state index is 0.870. The fourth-order valence-electron chi connectivity index (χ4n) is 8.63. The lowest BCUT2D eigenvalue weighted by Crippen LogP contribution is -2.12. The quantitative estimate of drug-likeness (QED) is 0.168. The smallest absolute Gasteiger partial charge is 0.145 e. The van der Waals surface area contributed by atoms with E-state index in [1.165, 1.54) is 54.2 Å². The van der Waals surface area contributed by atoms with Crippen LogP contribution in [-0.2, 0) is 0 Å². The van der Waals surface area contributed by atoms with Crippen molar-refractivity contribution in [2.75, 3.05) is 4.90 Å². The second kappa shape index (κ2) is 12.2. The summed E-state index contributed by atoms with van der Waals surface area (Å²) in [6.45, 7) is 0. The average Bonchev–Trinajstić information content (AvgIpc) is 3.64. The molecule has 11 aromatic rings. The van der Waals surface area contributed by atoms with Gasteiger partial charge in [-0.2, -0.15) is 0 Å². The van der Waals surface area contributed by atoms with E-state index >= 15 is 0 Å². The summed E-state index contributed by atoms with van der Waals surface area (Å²) in [4.78, 5) is 2.48. The Morgan fingerprint density at radius 2 is 0.870 bits per heavy atom. The Morgan fingerprint density at radius 1 is 0.296 bits per heavy atom. The molecule has 2 heteroatoms. The molecule has 1 heterocycles. The van der Waals surface area contributed by atoms with Gasteiger partial charge in [-0.3, -0.25) is 0 Å². The number of rotatable bonds is 5. The molecule has 0 N–H and O–H groups in total. The van der Waals surface area contributed by atoms with Gasteiger partial charge in [0.05, 0.1) is 22.4 Å². The lowest BCUT2D eigenvalue weighted by molar-refractivity contribution is 0.670. The van der Waals surface area contributed by atoms with Crippen LogP contribution in [0, 0.1) is 0 Å². The van der Waals surface area contributed by atoms with Crippen LogP contribution in [0.4, 0.5) is 17.1 Å². The molecule has 1 aromatic heterocycles. The van der Waals surface area contributed by atoms with Crippen molar-refractivity contribution in [3.63, 3.8) is 0 Å². The summed E-state index contributed by atoms with van der Waals surface area (Å²) in [7, 11) is 0. The van der Waals surface area contributed by atoms with Crippen molar-refractivity contribution in [1.82, 2.24) is 0 Å². The van der Waals surface area contributed by atoms with Gasteiger partial charge in [0.2, 0.25) is 0 Å². The van der Waals surface area contributed by atoms with E-state index in [9.17, 15) is 0 Å². The van der Waals surface area contributed by atoms with Gasteiger partial charge in [-0.05, 0) is 79.3 Å². The molecule has 0 unspecified atom stereocenters. The van der Waals surface area contributed by atoms with Crippen molar-refractivity contribution in [3.8, 4) is 22.3 Å². The minimum Gasteiger partial charge on any atom is -0.455 e. The number of nitrogens with zero attached hydrogens (tertiary/aromatic N) is 1. The molecule has 0 aliphatic carbocycles. The van der Waals surface area contributed by atoms with E-state index in [1.54, 1.807) is 0 Å². The molecule has 252 valence electrons. The summed E-state index contributed by atoms with van der Waals surface area (Å²) in [5.41, 5.74) is 9.68. The average molecular weight is 688 g/mol. The first-order chi connectivity index (χ1) is 26.8. The Labute approximate surface area is 312 Å². The van der Waals surface area contributed by atoms with Gasteiger partial charge in [0.15, 0.2) is 0 Å². The van der Waals surface area contributed by atoms with Gasteiger partial charge >= 0.3 is 0 Å². The number of fused-ring (bicyclic) bond motifs is 8. The summed E-state index contributed by atoms with van der Waals surface area (Å²) in [6, 6.07) is 72.2. The van der Waals surface area contributed by atoms with Gasteiger partial charge in [-0.1, -0.05) is 170 Å². The minimum atomic E-state index is 0.870. The van der Waals surface area contributed by atoms with Crippen LogP contribution in [0.3, 0.4) is 0 Å². The number of anilines is 3. The number of furan rings is 1. The molecule has 0 amide bonds. The standard InChI is InChI=1S/C52H33NO/c1-2-14-34(15-3-1)39-30-32-48(43-22-9-8-21-40(39)43)53(47-26-13-25-41-38-20-7-5-17-36(38)28-29-44(41)47)49-33-31-45(42-24-12-18-35-16-4-6-19-37(35)42)52-51(49)46-23-10-11-27-50(46)54-52/h1-33H. The van der Waals surface area contributed by atoms with Crippen molar-refractivity contribution in [3.05, 3.63) is 200 Å². The van der Waals surface area contributed by atoms with Crippen LogP contribution in [0.5, 0.6) is 0 Å². The van der Waals surface area contributed by atoms with Crippen molar-refractivity contribution < 1.29 is 4.42 Å². The van der Waals surface area contributed by atoms with Crippen LogP contribution >= 0.6 is 0 Å². The van der Waals surface area contributed by atoms with E-state index in [1.807, 2.05) is 0 Å². The Morgan fingerprint density at radius 3 is 1.72 bits per heavy atom. The highest BCUT2D eigenvalue weighted by molar-refractivity contribution is 6.21. The first-order valence-electron chi connectivity index (χ1n) is 18.5. The lowest BCUT2D eigenvalue weighted by Gasteiger charge is -2.30. The van der Waals surface area contributed by atoms with Crippen molar-refractivity contribution in [1.29, 1.82) is 0 Å². The first kappa shape index (κ1) is 30.5. The molecule has 0 atom stereocenters. The van der Waals surface area contributed by atoms with E-state index < -0.39 is 0 Å². The molecule has 0 bridgehead atoms. The fraction of sp³-hybridized carbons (Fsp3) is 0. The predicted octanol–water partition coefficient (Wildman–Crippen LogP) is 15.0. The number of hydrogen-bond donors (Lipinski definition) is 0. The summed E-state index contributed by atoms with van der Waals surface area (Å²) in [5, 5.41) is 11.9. The van der Waals surface area contributed by atoms with E-state index in [2.05, 4.69) is 205 Å². The second-order valence-corrected chi connectivity index (χ2v) is 14.0. The van der Waals surface area contributed by atoms with Crippen LogP contribution in [0.2, 0.25) is 0 Å². The number of benzene rings is 10. The summed E-state index contributed by atoms with van der Waals surface area (Å²) in [5.74, 6) is 0. The second-order valence-electron chi connectivity index (χ2n) is 14.0. The Balaban J connectivity index is 1.27. The summed E-state index contributed by atoms with van der Waals surface area (Å²) >= 11 is 0. The Bertz CT molecular complexity index is 3220. The van der Waals surface area contributed by atoms with Crippen LogP contribution in [-0.4, -0.2) is 0 Å². The normalized spacial score (nSPS) is 11.7. The molecule has 0 saturated heterocycles. The first-order valence-corrected chi connectivity index (χ1v) is 18.5. The maximum absolute atomic E-state index is 6.93. The number of para-hydroxylation sites is 1. The third-order valence-electron chi connectivity index (χ3n) is 11.1. The maximum Gasteiger partial charge on any atom is 0.145 e. The molecule has 0 aliphatic heterocycles. The van der Waals surface area contributed by atoms with Gasteiger partial charge < -0.3 is 9.32 Å². The lowest BCUT2D eigenvalue weighted by atomic mass is 9.94. The molecule has 11 rings (SSSR count). The predicted molar refractivity (Wildman–Crippen MR) is 229 cm³/mol. The zero-order valence-electron chi connectivity index (χ0n) is 29.4. The molecule has 0 radical (unpaired) electrons. The molecule has 0 spiro atoms. The Kier molecular flexibility index (Phi) is 6.90.